The molecule has 0 heterocycles. The first kappa shape index (κ1) is 9.80. The Labute approximate surface area is 91.0 Å². The van der Waals surface area contributed by atoms with Crippen LogP contribution in [0, 0.1) is 0 Å². The van der Waals surface area contributed by atoms with Crippen LogP contribution in [-0.4, -0.2) is 12.2 Å². The number of nitrogens with two attached hydrogens (primary N) is 1. The minimum Gasteiger partial charge on any atom is -0.503 e. The summed E-state index contributed by atoms with van der Waals surface area (Å²) >= 11 is 3.24. The quantitative estimate of drug-likeness (QED) is 0.854. The van der Waals surface area contributed by atoms with Crippen LogP contribution in [0.15, 0.2) is 16.6 Å². The van der Waals surface area contributed by atoms with Crippen molar-refractivity contribution in [1.29, 1.82) is 0 Å². The number of methoxy groups -OCH3 is 1. The fourth-order valence-electron chi connectivity index (χ4n) is 1.55. The number of phenols is 1. The van der Waals surface area contributed by atoms with Crippen LogP contribution in [0.2, 0.25) is 0 Å². The molecule has 0 atom stereocenters. The largest absolute Gasteiger partial charge is 0.503 e. The number of halogens is 1. The summed E-state index contributed by atoms with van der Waals surface area (Å²) in [6.45, 7) is 0. The number of aromatic hydroxyl groups is 1. The van der Waals surface area contributed by atoms with Crippen molar-refractivity contribution >= 4 is 15.9 Å². The van der Waals surface area contributed by atoms with Gasteiger partial charge in [-0.1, -0.05) is 6.07 Å². The first-order chi connectivity index (χ1) is 6.58. The molecule has 14 heavy (non-hydrogen) atoms. The van der Waals surface area contributed by atoms with E-state index in [1.54, 1.807) is 6.07 Å². The Morgan fingerprint density at radius 3 is 2.64 bits per heavy atom. The number of ether oxygens (including phenoxy) is 1. The minimum atomic E-state index is -0.288. The number of hydrogen-bond acceptors (Lipinski definition) is 3. The van der Waals surface area contributed by atoms with Crippen molar-refractivity contribution in [3.63, 3.8) is 0 Å². The Morgan fingerprint density at radius 2 is 2.14 bits per heavy atom. The average Bonchev–Trinajstić information content (AvgIpc) is 2.89. The highest BCUT2D eigenvalue weighted by Gasteiger charge is 2.43. The van der Waals surface area contributed by atoms with Gasteiger partial charge in [0.05, 0.1) is 11.6 Å². The second-order valence-corrected chi connectivity index (χ2v) is 4.49. The number of phenolic OH excluding ortho intramolecular Hbond substituents is 1. The summed E-state index contributed by atoms with van der Waals surface area (Å²) < 4.78 is 5.79. The van der Waals surface area contributed by atoms with Gasteiger partial charge in [-0.25, -0.2) is 0 Å². The van der Waals surface area contributed by atoms with E-state index in [9.17, 15) is 5.11 Å². The van der Waals surface area contributed by atoms with Gasteiger partial charge in [-0.3, -0.25) is 0 Å². The Balaban J connectivity index is 2.55. The molecule has 0 amide bonds. The number of rotatable bonds is 2. The predicted molar refractivity (Wildman–Crippen MR) is 57.5 cm³/mol. The summed E-state index contributed by atoms with van der Waals surface area (Å²) in [5, 5.41) is 9.74. The molecule has 1 aromatic carbocycles. The second kappa shape index (κ2) is 3.14. The van der Waals surface area contributed by atoms with Crippen molar-refractivity contribution in [2.75, 3.05) is 7.11 Å². The molecule has 3 nitrogen and oxygen atoms in total. The molecule has 0 saturated heterocycles. The molecular formula is C10H12BrNO2. The molecule has 2 rings (SSSR count). The van der Waals surface area contributed by atoms with Crippen LogP contribution in [0.4, 0.5) is 0 Å². The van der Waals surface area contributed by atoms with Crippen molar-refractivity contribution in [2.24, 2.45) is 5.73 Å². The summed E-state index contributed by atoms with van der Waals surface area (Å²) in [5.41, 5.74) is 6.66. The summed E-state index contributed by atoms with van der Waals surface area (Å²) in [6.07, 6.45) is 1.90. The lowest BCUT2D eigenvalue weighted by molar-refractivity contribution is 0.363. The van der Waals surface area contributed by atoms with Crippen LogP contribution in [0.5, 0.6) is 11.5 Å². The van der Waals surface area contributed by atoms with E-state index in [0.717, 1.165) is 18.4 Å². The number of hydrogen-bond donors (Lipinski definition) is 2. The Morgan fingerprint density at radius 1 is 1.50 bits per heavy atom. The molecule has 1 aliphatic carbocycles. The van der Waals surface area contributed by atoms with E-state index in [4.69, 9.17) is 10.5 Å². The summed E-state index contributed by atoms with van der Waals surface area (Å²) in [4.78, 5) is 0. The van der Waals surface area contributed by atoms with Crippen molar-refractivity contribution in [1.82, 2.24) is 0 Å². The molecule has 1 fully saturated rings. The topological polar surface area (TPSA) is 55.5 Å². The highest BCUT2D eigenvalue weighted by atomic mass is 79.9. The van der Waals surface area contributed by atoms with Crippen molar-refractivity contribution in [3.8, 4) is 11.5 Å². The third-order valence-electron chi connectivity index (χ3n) is 2.61. The molecule has 1 aliphatic rings. The zero-order chi connectivity index (χ0) is 10.3. The monoisotopic (exact) mass is 257 g/mol. The minimum absolute atomic E-state index is 0.127. The molecule has 1 saturated carbocycles. The van der Waals surface area contributed by atoms with Crippen molar-refractivity contribution < 1.29 is 9.84 Å². The van der Waals surface area contributed by atoms with Gasteiger partial charge in [0.2, 0.25) is 0 Å². The molecule has 0 aliphatic heterocycles. The van der Waals surface area contributed by atoms with Gasteiger partial charge in [0.1, 0.15) is 0 Å². The molecule has 0 bridgehead atoms. The summed E-state index contributed by atoms with van der Waals surface area (Å²) in [7, 11) is 1.54. The van der Waals surface area contributed by atoms with Gasteiger partial charge in [0, 0.05) is 11.1 Å². The zero-order valence-corrected chi connectivity index (χ0v) is 9.47. The summed E-state index contributed by atoms with van der Waals surface area (Å²) in [5.74, 6) is 0.612. The highest BCUT2D eigenvalue weighted by molar-refractivity contribution is 9.10. The maximum absolute atomic E-state index is 9.74. The molecule has 0 unspecified atom stereocenters. The zero-order valence-electron chi connectivity index (χ0n) is 7.88. The van der Waals surface area contributed by atoms with E-state index in [-0.39, 0.29) is 11.3 Å². The fourth-order valence-corrected chi connectivity index (χ4v) is 1.86. The van der Waals surface area contributed by atoms with Crippen LogP contribution in [0.3, 0.4) is 0 Å². The van der Waals surface area contributed by atoms with Gasteiger partial charge in [0.25, 0.3) is 0 Å². The predicted octanol–water partition coefficient (Wildman–Crippen LogP) is 2.11. The van der Waals surface area contributed by atoms with E-state index < -0.39 is 0 Å². The first-order valence-corrected chi connectivity index (χ1v) is 5.22. The molecule has 0 spiro atoms. The van der Waals surface area contributed by atoms with E-state index in [0.29, 0.717) is 10.2 Å². The Bertz CT molecular complexity index is 375. The van der Waals surface area contributed by atoms with Gasteiger partial charge >= 0.3 is 0 Å². The molecule has 1 aromatic rings. The summed E-state index contributed by atoms with van der Waals surface area (Å²) in [6, 6.07) is 3.69. The van der Waals surface area contributed by atoms with E-state index >= 15 is 0 Å². The molecule has 4 heteroatoms. The van der Waals surface area contributed by atoms with Gasteiger partial charge in [-0.2, -0.15) is 0 Å². The maximum atomic E-state index is 9.74. The third-order valence-corrected chi connectivity index (χ3v) is 3.25. The van der Waals surface area contributed by atoms with E-state index in [1.807, 2.05) is 6.07 Å². The van der Waals surface area contributed by atoms with Gasteiger partial charge in [-0.05, 0) is 34.8 Å². The standard InChI is InChI=1S/C10H12BrNO2/c1-14-9-6(10(12)4-5-10)2-3-7(11)8(9)13/h2-3,13H,4-5,12H2,1H3. The van der Waals surface area contributed by atoms with Crippen LogP contribution in [0.25, 0.3) is 0 Å². The van der Waals surface area contributed by atoms with E-state index in [1.165, 1.54) is 7.11 Å². The number of benzene rings is 1. The molecule has 76 valence electrons. The lowest BCUT2D eigenvalue weighted by Gasteiger charge is -2.15. The third kappa shape index (κ3) is 1.38. The Hall–Kier alpha value is -0.740. The van der Waals surface area contributed by atoms with E-state index in [2.05, 4.69) is 15.9 Å². The normalized spacial score (nSPS) is 17.9. The van der Waals surface area contributed by atoms with Crippen LogP contribution in [0.1, 0.15) is 18.4 Å². The molecule has 3 N–H and O–H groups in total. The van der Waals surface area contributed by atoms with Crippen molar-refractivity contribution in [2.45, 2.75) is 18.4 Å². The van der Waals surface area contributed by atoms with Crippen LogP contribution in [-0.2, 0) is 5.54 Å². The second-order valence-electron chi connectivity index (χ2n) is 3.63. The average molecular weight is 258 g/mol. The lowest BCUT2D eigenvalue weighted by Crippen LogP contribution is -2.19. The molecule has 0 aromatic heterocycles. The Kier molecular flexibility index (Phi) is 2.20. The van der Waals surface area contributed by atoms with Crippen molar-refractivity contribution in [3.05, 3.63) is 22.2 Å². The van der Waals surface area contributed by atoms with Gasteiger partial charge < -0.3 is 15.6 Å². The smallest absolute Gasteiger partial charge is 0.172 e. The highest BCUT2D eigenvalue weighted by Crippen LogP contribution is 2.50. The maximum Gasteiger partial charge on any atom is 0.172 e. The lowest BCUT2D eigenvalue weighted by atomic mass is 10.0. The van der Waals surface area contributed by atoms with Gasteiger partial charge in [-0.15, -0.1) is 0 Å². The van der Waals surface area contributed by atoms with Crippen LogP contribution < -0.4 is 10.5 Å². The van der Waals surface area contributed by atoms with Crippen LogP contribution >= 0.6 is 15.9 Å². The molecule has 0 radical (unpaired) electrons. The first-order valence-electron chi connectivity index (χ1n) is 4.43. The van der Waals surface area contributed by atoms with Gasteiger partial charge in [0.15, 0.2) is 11.5 Å². The molecular weight excluding hydrogens is 246 g/mol. The SMILES string of the molecule is COc1c(C2(N)CC2)ccc(Br)c1O. The fraction of sp³-hybridized carbons (Fsp3) is 0.400.